The topological polar surface area (TPSA) is 59.4 Å². The van der Waals surface area contributed by atoms with Crippen LogP contribution in [0.3, 0.4) is 0 Å². The first-order chi connectivity index (χ1) is 10.8. The second kappa shape index (κ2) is 6.53. The van der Waals surface area contributed by atoms with Crippen LogP contribution in [0.1, 0.15) is 17.4 Å². The first kappa shape index (κ1) is 14.5. The molecular formula is C16H16N4OS. The van der Waals surface area contributed by atoms with Crippen LogP contribution in [0.15, 0.2) is 41.8 Å². The van der Waals surface area contributed by atoms with Crippen LogP contribution in [-0.4, -0.2) is 23.3 Å². The summed E-state index contributed by atoms with van der Waals surface area (Å²) >= 11 is 1.69. The second-order valence-corrected chi connectivity index (χ2v) is 5.77. The number of thiophene rings is 1. The minimum atomic E-state index is 0.728. The van der Waals surface area contributed by atoms with E-state index in [0.29, 0.717) is 0 Å². The number of hydrogen-bond acceptors (Lipinski definition) is 6. The highest BCUT2D eigenvalue weighted by Gasteiger charge is 2.06. The average Bonchev–Trinajstić information content (AvgIpc) is 2.99. The fourth-order valence-electron chi connectivity index (χ4n) is 2.03. The largest absolute Gasteiger partial charge is 0.497 e. The summed E-state index contributed by atoms with van der Waals surface area (Å²) in [6, 6.07) is 9.80. The van der Waals surface area contributed by atoms with Crippen LogP contribution in [0.2, 0.25) is 0 Å². The Bertz CT molecular complexity index is 796. The highest BCUT2D eigenvalue weighted by Crippen LogP contribution is 2.28. The molecule has 0 bridgehead atoms. The van der Waals surface area contributed by atoms with Crippen LogP contribution in [0.5, 0.6) is 5.75 Å². The standard InChI is InChI=1S/C16H16N4OS/c1-3-13-8-14-15(17-10-18-16(14)22-13)20-19-9-11-4-6-12(21-2)7-5-11/h4-10H,3H2,1-2H3,(H,17,18,20). The smallest absolute Gasteiger partial charge is 0.158 e. The highest BCUT2D eigenvalue weighted by molar-refractivity contribution is 7.18. The zero-order chi connectivity index (χ0) is 15.4. The molecule has 0 aliphatic rings. The van der Waals surface area contributed by atoms with Crippen molar-refractivity contribution in [3.05, 3.63) is 47.1 Å². The molecule has 3 rings (SSSR count). The van der Waals surface area contributed by atoms with Crippen LogP contribution in [-0.2, 0) is 6.42 Å². The maximum atomic E-state index is 5.13. The Balaban J connectivity index is 1.77. The minimum Gasteiger partial charge on any atom is -0.497 e. The number of fused-ring (bicyclic) bond motifs is 1. The Hall–Kier alpha value is -2.47. The van der Waals surface area contributed by atoms with Gasteiger partial charge in [-0.15, -0.1) is 11.3 Å². The fraction of sp³-hybridized carbons (Fsp3) is 0.188. The van der Waals surface area contributed by atoms with Gasteiger partial charge in [0, 0.05) is 4.88 Å². The van der Waals surface area contributed by atoms with Gasteiger partial charge in [-0.3, -0.25) is 5.43 Å². The van der Waals surface area contributed by atoms with E-state index >= 15 is 0 Å². The van der Waals surface area contributed by atoms with E-state index in [9.17, 15) is 0 Å². The zero-order valence-corrected chi connectivity index (χ0v) is 13.2. The molecular weight excluding hydrogens is 296 g/mol. The Morgan fingerprint density at radius 3 is 2.82 bits per heavy atom. The number of rotatable bonds is 5. The Labute approximate surface area is 132 Å². The molecule has 22 heavy (non-hydrogen) atoms. The molecule has 0 saturated carbocycles. The molecule has 6 heteroatoms. The Kier molecular flexibility index (Phi) is 4.29. The molecule has 0 fully saturated rings. The van der Waals surface area contributed by atoms with Crippen molar-refractivity contribution in [2.24, 2.45) is 5.10 Å². The molecule has 112 valence electrons. The summed E-state index contributed by atoms with van der Waals surface area (Å²) in [5.74, 6) is 1.55. The third-order valence-electron chi connectivity index (χ3n) is 3.23. The molecule has 1 aromatic carbocycles. The van der Waals surface area contributed by atoms with E-state index < -0.39 is 0 Å². The van der Waals surface area contributed by atoms with Gasteiger partial charge in [-0.2, -0.15) is 5.10 Å². The van der Waals surface area contributed by atoms with Gasteiger partial charge in [-0.05, 0) is 42.3 Å². The lowest BCUT2D eigenvalue weighted by Gasteiger charge is -2.01. The number of aromatic nitrogens is 2. The van der Waals surface area contributed by atoms with Crippen LogP contribution in [0.4, 0.5) is 5.82 Å². The molecule has 0 amide bonds. The van der Waals surface area contributed by atoms with Gasteiger partial charge in [0.15, 0.2) is 5.82 Å². The lowest BCUT2D eigenvalue weighted by molar-refractivity contribution is 0.415. The van der Waals surface area contributed by atoms with E-state index in [1.807, 2.05) is 24.3 Å². The normalized spacial score (nSPS) is 11.2. The highest BCUT2D eigenvalue weighted by atomic mass is 32.1. The first-order valence-electron chi connectivity index (χ1n) is 6.96. The molecule has 2 aromatic heterocycles. The van der Waals surface area contributed by atoms with Gasteiger partial charge >= 0.3 is 0 Å². The molecule has 0 radical (unpaired) electrons. The monoisotopic (exact) mass is 312 g/mol. The summed E-state index contributed by atoms with van der Waals surface area (Å²) in [7, 11) is 1.65. The van der Waals surface area contributed by atoms with Crippen LogP contribution in [0.25, 0.3) is 10.2 Å². The quantitative estimate of drug-likeness (QED) is 0.576. The molecule has 1 N–H and O–H groups in total. The predicted octanol–water partition coefficient (Wildman–Crippen LogP) is 3.71. The Morgan fingerprint density at radius 1 is 1.27 bits per heavy atom. The number of hydrazone groups is 1. The second-order valence-electron chi connectivity index (χ2n) is 4.65. The van der Waals surface area contributed by atoms with Gasteiger partial charge in [0.1, 0.15) is 16.9 Å². The molecule has 0 spiro atoms. The van der Waals surface area contributed by atoms with Crippen molar-refractivity contribution < 1.29 is 4.74 Å². The number of nitrogens with one attached hydrogen (secondary N) is 1. The summed E-state index contributed by atoms with van der Waals surface area (Å²) in [5, 5.41) is 5.26. The average molecular weight is 312 g/mol. The summed E-state index contributed by atoms with van der Waals surface area (Å²) in [6.07, 6.45) is 4.31. The summed E-state index contributed by atoms with van der Waals surface area (Å²) in [5.41, 5.74) is 3.98. The lowest BCUT2D eigenvalue weighted by atomic mass is 10.2. The SMILES string of the molecule is CCc1cc2c(NN=Cc3ccc(OC)cc3)ncnc2s1. The van der Waals surface area contributed by atoms with Gasteiger partial charge in [-0.1, -0.05) is 6.92 Å². The van der Waals surface area contributed by atoms with Gasteiger partial charge in [0.05, 0.1) is 18.7 Å². The van der Waals surface area contributed by atoms with E-state index in [2.05, 4.69) is 33.5 Å². The maximum absolute atomic E-state index is 5.13. The van der Waals surface area contributed by atoms with Crippen molar-refractivity contribution in [2.45, 2.75) is 13.3 Å². The minimum absolute atomic E-state index is 0.728. The van der Waals surface area contributed by atoms with Crippen molar-refractivity contribution in [2.75, 3.05) is 12.5 Å². The van der Waals surface area contributed by atoms with E-state index in [0.717, 1.165) is 33.8 Å². The molecule has 0 saturated heterocycles. The van der Waals surface area contributed by atoms with E-state index in [1.54, 1.807) is 31.0 Å². The Morgan fingerprint density at radius 2 is 2.09 bits per heavy atom. The van der Waals surface area contributed by atoms with Crippen molar-refractivity contribution in [3.8, 4) is 5.75 Å². The molecule has 0 aliphatic heterocycles. The third kappa shape index (κ3) is 3.07. The number of anilines is 1. The molecule has 0 aliphatic carbocycles. The molecule has 5 nitrogen and oxygen atoms in total. The zero-order valence-electron chi connectivity index (χ0n) is 12.4. The number of aryl methyl sites for hydroxylation is 1. The maximum Gasteiger partial charge on any atom is 0.158 e. The van der Waals surface area contributed by atoms with Crippen molar-refractivity contribution >= 4 is 33.6 Å². The predicted molar refractivity (Wildman–Crippen MR) is 91.0 cm³/mol. The fourth-order valence-corrected chi connectivity index (χ4v) is 2.96. The molecule has 2 heterocycles. The van der Waals surface area contributed by atoms with Crippen LogP contribution >= 0.6 is 11.3 Å². The van der Waals surface area contributed by atoms with Crippen molar-refractivity contribution in [1.29, 1.82) is 0 Å². The van der Waals surface area contributed by atoms with Gasteiger partial charge in [0.25, 0.3) is 0 Å². The lowest BCUT2D eigenvalue weighted by Crippen LogP contribution is -1.94. The van der Waals surface area contributed by atoms with Gasteiger partial charge < -0.3 is 4.74 Å². The summed E-state index contributed by atoms with van der Waals surface area (Å²) in [4.78, 5) is 10.8. The summed E-state index contributed by atoms with van der Waals surface area (Å²) in [6.45, 7) is 2.13. The number of benzene rings is 1. The number of nitrogens with zero attached hydrogens (tertiary/aromatic N) is 3. The van der Waals surface area contributed by atoms with Crippen molar-refractivity contribution in [1.82, 2.24) is 9.97 Å². The third-order valence-corrected chi connectivity index (χ3v) is 4.42. The molecule has 0 unspecified atom stereocenters. The number of methoxy groups -OCH3 is 1. The van der Waals surface area contributed by atoms with E-state index in [1.165, 1.54) is 4.88 Å². The first-order valence-corrected chi connectivity index (χ1v) is 7.78. The van der Waals surface area contributed by atoms with Gasteiger partial charge in [-0.25, -0.2) is 9.97 Å². The van der Waals surface area contributed by atoms with Crippen LogP contribution in [0, 0.1) is 0 Å². The molecule has 0 atom stereocenters. The summed E-state index contributed by atoms with van der Waals surface area (Å²) < 4.78 is 5.13. The number of ether oxygens (including phenoxy) is 1. The van der Waals surface area contributed by atoms with E-state index in [-0.39, 0.29) is 0 Å². The van der Waals surface area contributed by atoms with E-state index in [4.69, 9.17) is 4.74 Å². The van der Waals surface area contributed by atoms with Gasteiger partial charge in [0.2, 0.25) is 0 Å². The van der Waals surface area contributed by atoms with Crippen LogP contribution < -0.4 is 10.2 Å². The number of hydrogen-bond donors (Lipinski definition) is 1. The van der Waals surface area contributed by atoms with Crippen molar-refractivity contribution in [3.63, 3.8) is 0 Å². The molecule has 3 aromatic rings.